The molecule has 2 heterocycles. The van der Waals surface area contributed by atoms with Crippen molar-refractivity contribution in [3.05, 3.63) is 19.9 Å². The van der Waals surface area contributed by atoms with Crippen LogP contribution in [0.25, 0.3) is 0 Å². The van der Waals surface area contributed by atoms with Gasteiger partial charge in [-0.2, -0.15) is 0 Å². The molecule has 0 spiro atoms. The van der Waals surface area contributed by atoms with Crippen LogP contribution in [0.5, 0.6) is 0 Å². The second-order valence-corrected chi connectivity index (χ2v) is 7.05. The highest BCUT2D eigenvalue weighted by Crippen LogP contribution is 2.39. The largest absolute Gasteiger partial charge is 0.387 e. The van der Waals surface area contributed by atoms with Crippen LogP contribution in [0.2, 0.25) is 0 Å². The second-order valence-electron chi connectivity index (χ2n) is 4.94. The highest BCUT2D eigenvalue weighted by atomic mass is 127. The molecule has 0 amide bonds. The Morgan fingerprint density at radius 2 is 2.38 bits per heavy atom. The molecule has 1 aliphatic heterocycles. The van der Waals surface area contributed by atoms with Crippen LogP contribution in [0, 0.1) is 9.49 Å². The van der Waals surface area contributed by atoms with Crippen LogP contribution < -0.4 is 0 Å². The number of hydrogen-bond acceptors (Lipinski definition) is 3. The van der Waals surface area contributed by atoms with Gasteiger partial charge in [-0.3, -0.25) is 0 Å². The van der Waals surface area contributed by atoms with Crippen molar-refractivity contribution in [2.75, 3.05) is 6.61 Å². The lowest BCUT2D eigenvalue weighted by atomic mass is 9.84. The number of hydrogen-bond donors (Lipinski definition) is 1. The molecule has 1 aliphatic rings. The highest BCUT2D eigenvalue weighted by molar-refractivity contribution is 14.1. The van der Waals surface area contributed by atoms with Gasteiger partial charge in [0, 0.05) is 15.1 Å². The summed E-state index contributed by atoms with van der Waals surface area (Å²) in [6.45, 7) is 4.97. The molecule has 2 unspecified atom stereocenters. The lowest BCUT2D eigenvalue weighted by Crippen LogP contribution is -2.36. The van der Waals surface area contributed by atoms with Crippen LogP contribution in [0.3, 0.4) is 0 Å². The van der Waals surface area contributed by atoms with Gasteiger partial charge in [0.15, 0.2) is 0 Å². The van der Waals surface area contributed by atoms with E-state index in [1.54, 1.807) is 11.3 Å². The first-order valence-corrected chi connectivity index (χ1v) is 7.50. The van der Waals surface area contributed by atoms with E-state index in [2.05, 4.69) is 42.5 Å². The SMILES string of the molecule is CC1(C)CC(C(O)c2sccc2I)CCO1. The summed E-state index contributed by atoms with van der Waals surface area (Å²) in [6, 6.07) is 2.06. The summed E-state index contributed by atoms with van der Waals surface area (Å²) in [7, 11) is 0. The summed E-state index contributed by atoms with van der Waals surface area (Å²) in [5.41, 5.74) is -0.0907. The number of thiophene rings is 1. The van der Waals surface area contributed by atoms with Gasteiger partial charge in [-0.1, -0.05) is 0 Å². The van der Waals surface area contributed by atoms with Crippen molar-refractivity contribution in [1.82, 2.24) is 0 Å². The smallest absolute Gasteiger partial charge is 0.0922 e. The van der Waals surface area contributed by atoms with Crippen molar-refractivity contribution < 1.29 is 9.84 Å². The van der Waals surface area contributed by atoms with Gasteiger partial charge in [0.1, 0.15) is 0 Å². The van der Waals surface area contributed by atoms with Gasteiger partial charge in [-0.25, -0.2) is 0 Å². The minimum Gasteiger partial charge on any atom is -0.387 e. The van der Waals surface area contributed by atoms with E-state index in [0.29, 0.717) is 5.92 Å². The van der Waals surface area contributed by atoms with Gasteiger partial charge < -0.3 is 9.84 Å². The lowest BCUT2D eigenvalue weighted by molar-refractivity contribution is -0.0954. The van der Waals surface area contributed by atoms with Crippen molar-refractivity contribution in [2.24, 2.45) is 5.92 Å². The molecule has 0 bridgehead atoms. The lowest BCUT2D eigenvalue weighted by Gasteiger charge is -2.37. The van der Waals surface area contributed by atoms with Crippen LogP contribution in [0.1, 0.15) is 37.7 Å². The molecule has 1 saturated heterocycles. The molecule has 1 fully saturated rings. The van der Waals surface area contributed by atoms with Gasteiger partial charge >= 0.3 is 0 Å². The number of rotatable bonds is 2. The first-order valence-electron chi connectivity index (χ1n) is 5.54. The third-order valence-corrected chi connectivity index (χ3v) is 5.39. The van der Waals surface area contributed by atoms with Crippen LogP contribution >= 0.6 is 33.9 Å². The molecule has 2 rings (SSSR count). The summed E-state index contributed by atoms with van der Waals surface area (Å²) >= 11 is 3.95. The van der Waals surface area contributed by atoms with E-state index in [9.17, 15) is 5.11 Å². The molecule has 2 atom stereocenters. The third kappa shape index (κ3) is 2.78. The maximum atomic E-state index is 10.4. The zero-order valence-electron chi connectivity index (χ0n) is 9.57. The van der Waals surface area contributed by atoms with E-state index in [1.165, 1.54) is 3.57 Å². The van der Waals surface area contributed by atoms with Gasteiger partial charge in [-0.05, 0) is 66.6 Å². The first-order chi connectivity index (χ1) is 7.49. The molecule has 4 heteroatoms. The summed E-state index contributed by atoms with van der Waals surface area (Å²) in [4.78, 5) is 1.11. The minimum atomic E-state index is -0.324. The Labute approximate surface area is 114 Å². The third-order valence-electron chi connectivity index (χ3n) is 3.10. The molecule has 0 radical (unpaired) electrons. The molecule has 0 aliphatic carbocycles. The summed E-state index contributed by atoms with van der Waals surface area (Å²) in [6.07, 6.45) is 1.57. The maximum absolute atomic E-state index is 10.4. The molecule has 1 aromatic rings. The van der Waals surface area contributed by atoms with Gasteiger partial charge in [0.25, 0.3) is 0 Å². The highest BCUT2D eigenvalue weighted by Gasteiger charge is 2.34. The zero-order chi connectivity index (χ0) is 11.8. The Morgan fingerprint density at radius 1 is 1.62 bits per heavy atom. The molecule has 1 N–H and O–H groups in total. The molecular formula is C12H17IO2S. The quantitative estimate of drug-likeness (QED) is 0.825. The number of aliphatic hydroxyl groups is 1. The van der Waals surface area contributed by atoms with Crippen molar-refractivity contribution >= 4 is 33.9 Å². The van der Waals surface area contributed by atoms with E-state index in [-0.39, 0.29) is 11.7 Å². The van der Waals surface area contributed by atoms with Crippen molar-refractivity contribution in [1.29, 1.82) is 0 Å². The average molecular weight is 352 g/mol. The fraction of sp³-hybridized carbons (Fsp3) is 0.667. The second kappa shape index (κ2) is 4.92. The number of ether oxygens (including phenoxy) is 1. The Hall–Kier alpha value is 0.350. The first kappa shape index (κ1) is 12.8. The van der Waals surface area contributed by atoms with Crippen molar-refractivity contribution in [3.8, 4) is 0 Å². The van der Waals surface area contributed by atoms with Gasteiger partial charge in [0.05, 0.1) is 11.7 Å². The molecule has 0 saturated carbocycles. The Morgan fingerprint density at radius 3 is 2.94 bits per heavy atom. The van der Waals surface area contributed by atoms with Crippen molar-refractivity contribution in [3.63, 3.8) is 0 Å². The van der Waals surface area contributed by atoms with E-state index in [1.807, 2.05) is 5.38 Å². The molecule has 16 heavy (non-hydrogen) atoms. The Bertz CT molecular complexity index is 362. The van der Waals surface area contributed by atoms with Crippen LogP contribution in [0.4, 0.5) is 0 Å². The van der Waals surface area contributed by atoms with Crippen molar-refractivity contribution in [2.45, 2.75) is 38.4 Å². The van der Waals surface area contributed by atoms with Gasteiger partial charge in [0.2, 0.25) is 0 Å². The van der Waals surface area contributed by atoms with Crippen LogP contribution in [-0.2, 0) is 4.74 Å². The van der Waals surface area contributed by atoms with Crippen LogP contribution in [-0.4, -0.2) is 17.3 Å². The van der Waals surface area contributed by atoms with Crippen LogP contribution in [0.15, 0.2) is 11.4 Å². The minimum absolute atomic E-state index is 0.0907. The Balaban J connectivity index is 2.10. The normalized spacial score (nSPS) is 26.6. The summed E-state index contributed by atoms with van der Waals surface area (Å²) in [5, 5.41) is 12.4. The summed E-state index contributed by atoms with van der Waals surface area (Å²) in [5.74, 6) is 0.330. The van der Waals surface area contributed by atoms with Gasteiger partial charge in [-0.15, -0.1) is 11.3 Å². The molecule has 0 aromatic carbocycles. The molecular weight excluding hydrogens is 335 g/mol. The Kier molecular flexibility index (Phi) is 3.93. The predicted octanol–water partition coefficient (Wildman–Crippen LogP) is 3.59. The predicted molar refractivity (Wildman–Crippen MR) is 74.8 cm³/mol. The van der Waals surface area contributed by atoms with E-state index in [4.69, 9.17) is 4.74 Å². The molecule has 90 valence electrons. The number of aliphatic hydroxyl groups excluding tert-OH is 1. The van der Waals surface area contributed by atoms with E-state index in [0.717, 1.165) is 24.3 Å². The van der Waals surface area contributed by atoms with E-state index >= 15 is 0 Å². The zero-order valence-corrected chi connectivity index (χ0v) is 12.5. The summed E-state index contributed by atoms with van der Waals surface area (Å²) < 4.78 is 6.86. The number of halogens is 1. The molecule has 2 nitrogen and oxygen atoms in total. The maximum Gasteiger partial charge on any atom is 0.0922 e. The average Bonchev–Trinajstić information content (AvgIpc) is 2.62. The topological polar surface area (TPSA) is 29.5 Å². The fourth-order valence-corrected chi connectivity index (χ4v) is 4.27. The van der Waals surface area contributed by atoms with E-state index < -0.39 is 0 Å². The standard InChI is InChI=1S/C12H17IO2S/c1-12(2)7-8(3-5-15-12)10(14)11-9(13)4-6-16-11/h4,6,8,10,14H,3,5,7H2,1-2H3. The monoisotopic (exact) mass is 352 g/mol. The fourth-order valence-electron chi connectivity index (χ4n) is 2.28. The molecule has 1 aromatic heterocycles.